The molecule has 0 bridgehead atoms. The molecule has 0 atom stereocenters. The largest absolute Gasteiger partial charge is 0.497 e. The van der Waals surface area contributed by atoms with Crippen LogP contribution in [0.4, 0.5) is 5.95 Å². The Morgan fingerprint density at radius 2 is 1.91 bits per heavy atom. The number of carbonyl (C=O) groups excluding carboxylic acids is 2. The van der Waals surface area contributed by atoms with E-state index >= 15 is 0 Å². The molecule has 0 unspecified atom stereocenters. The normalized spacial score (nSPS) is 9.86. The Balaban J connectivity index is 1.67. The van der Waals surface area contributed by atoms with E-state index in [1.807, 2.05) is 0 Å². The van der Waals surface area contributed by atoms with Crippen molar-refractivity contribution in [2.45, 2.75) is 0 Å². The highest BCUT2D eigenvalue weighted by Crippen LogP contribution is 2.16. The van der Waals surface area contributed by atoms with Crippen molar-refractivity contribution in [3.05, 3.63) is 30.6 Å². The number of hydrogen-bond donors (Lipinski definition) is 3. The van der Waals surface area contributed by atoms with Crippen molar-refractivity contribution in [2.24, 2.45) is 0 Å². The molecule has 3 N–H and O–H groups in total. The summed E-state index contributed by atoms with van der Waals surface area (Å²) in [5.41, 5.74) is 0. The number of nitrogens with one attached hydrogen (secondary N) is 3. The summed E-state index contributed by atoms with van der Waals surface area (Å²) >= 11 is 0. The van der Waals surface area contributed by atoms with Crippen molar-refractivity contribution in [2.75, 3.05) is 25.6 Å². The van der Waals surface area contributed by atoms with Crippen molar-refractivity contribution in [3.63, 3.8) is 0 Å². The van der Waals surface area contributed by atoms with Crippen LogP contribution in [0.2, 0.25) is 0 Å². The maximum Gasteiger partial charge on any atom is 0.316 e. The van der Waals surface area contributed by atoms with Gasteiger partial charge < -0.3 is 14.8 Å². The standard InChI is InChI=1S/C13H15N5O4/c1-21-9-2-4-10(5-3-9)22-7-6-14-11(19)12(20)17-13-15-8-16-18-13/h2-5,8H,6-7H2,1H3,(H,14,19)(H2,15,16,17,18,20). The van der Waals surface area contributed by atoms with Gasteiger partial charge in [0.25, 0.3) is 0 Å². The average molecular weight is 305 g/mol. The zero-order chi connectivity index (χ0) is 15.8. The van der Waals surface area contributed by atoms with E-state index < -0.39 is 11.8 Å². The number of aromatic nitrogens is 3. The van der Waals surface area contributed by atoms with Crippen LogP contribution >= 0.6 is 0 Å². The molecular weight excluding hydrogens is 290 g/mol. The van der Waals surface area contributed by atoms with Crippen LogP contribution in [0.5, 0.6) is 11.5 Å². The number of carbonyl (C=O) groups is 2. The maximum absolute atomic E-state index is 11.5. The Hall–Kier alpha value is -3.10. The van der Waals surface area contributed by atoms with Gasteiger partial charge >= 0.3 is 11.8 Å². The molecule has 0 saturated carbocycles. The van der Waals surface area contributed by atoms with Crippen LogP contribution in [0.1, 0.15) is 0 Å². The average Bonchev–Trinajstić information content (AvgIpc) is 3.04. The van der Waals surface area contributed by atoms with Crippen molar-refractivity contribution in [3.8, 4) is 11.5 Å². The van der Waals surface area contributed by atoms with Crippen LogP contribution in [0.25, 0.3) is 0 Å². The van der Waals surface area contributed by atoms with E-state index in [4.69, 9.17) is 9.47 Å². The van der Waals surface area contributed by atoms with Crippen molar-refractivity contribution in [1.29, 1.82) is 0 Å². The monoisotopic (exact) mass is 305 g/mol. The van der Waals surface area contributed by atoms with E-state index in [0.29, 0.717) is 5.75 Å². The number of benzene rings is 1. The van der Waals surface area contributed by atoms with E-state index in [0.717, 1.165) is 5.75 Å². The molecule has 0 aliphatic carbocycles. The minimum absolute atomic E-state index is 0.106. The predicted molar refractivity (Wildman–Crippen MR) is 76.5 cm³/mol. The van der Waals surface area contributed by atoms with E-state index in [9.17, 15) is 9.59 Å². The molecule has 1 heterocycles. The summed E-state index contributed by atoms with van der Waals surface area (Å²) < 4.78 is 10.4. The van der Waals surface area contributed by atoms with Gasteiger partial charge in [0.15, 0.2) is 0 Å². The van der Waals surface area contributed by atoms with E-state index in [1.54, 1.807) is 31.4 Å². The Labute approximate surface area is 126 Å². The molecule has 2 aromatic rings. The topological polar surface area (TPSA) is 118 Å². The van der Waals surface area contributed by atoms with Gasteiger partial charge in [-0.05, 0) is 24.3 Å². The molecule has 0 saturated heterocycles. The third-order valence-electron chi connectivity index (χ3n) is 2.57. The first-order valence-electron chi connectivity index (χ1n) is 6.40. The molecule has 9 heteroatoms. The van der Waals surface area contributed by atoms with Gasteiger partial charge in [-0.2, -0.15) is 10.1 Å². The molecule has 2 rings (SSSR count). The van der Waals surface area contributed by atoms with Gasteiger partial charge in [-0.25, -0.2) is 5.10 Å². The van der Waals surface area contributed by atoms with Gasteiger partial charge in [0.05, 0.1) is 13.7 Å². The summed E-state index contributed by atoms with van der Waals surface area (Å²) in [5, 5.41) is 10.6. The molecule has 0 aliphatic rings. The quantitative estimate of drug-likeness (QED) is 0.508. The van der Waals surface area contributed by atoms with E-state index in [1.165, 1.54) is 6.33 Å². The van der Waals surface area contributed by atoms with Crippen LogP contribution in [0, 0.1) is 0 Å². The van der Waals surface area contributed by atoms with Crippen LogP contribution in [0.3, 0.4) is 0 Å². The van der Waals surface area contributed by atoms with Crippen LogP contribution in [-0.2, 0) is 9.59 Å². The van der Waals surface area contributed by atoms with Gasteiger partial charge in [-0.15, -0.1) is 0 Å². The minimum Gasteiger partial charge on any atom is -0.497 e. The first-order valence-corrected chi connectivity index (χ1v) is 6.40. The minimum atomic E-state index is -0.832. The third kappa shape index (κ3) is 4.47. The molecule has 1 aromatic heterocycles. The Bertz CT molecular complexity index is 612. The molecule has 1 aromatic carbocycles. The first-order chi connectivity index (χ1) is 10.7. The Kier molecular flexibility index (Phi) is 5.30. The fourth-order valence-electron chi connectivity index (χ4n) is 1.52. The van der Waals surface area contributed by atoms with Gasteiger partial charge in [-0.1, -0.05) is 0 Å². The molecule has 116 valence electrons. The van der Waals surface area contributed by atoms with Gasteiger partial charge in [0.2, 0.25) is 5.95 Å². The highest BCUT2D eigenvalue weighted by molar-refractivity contribution is 6.39. The fraction of sp³-hybridized carbons (Fsp3) is 0.231. The molecule has 0 fully saturated rings. The molecule has 2 amide bonds. The summed E-state index contributed by atoms with van der Waals surface area (Å²) in [4.78, 5) is 26.7. The Morgan fingerprint density at radius 1 is 1.18 bits per heavy atom. The van der Waals surface area contributed by atoms with E-state index in [2.05, 4.69) is 25.8 Å². The number of methoxy groups -OCH3 is 1. The van der Waals surface area contributed by atoms with Gasteiger partial charge in [0, 0.05) is 0 Å². The lowest BCUT2D eigenvalue weighted by Gasteiger charge is -2.08. The summed E-state index contributed by atoms with van der Waals surface area (Å²) in [7, 11) is 1.58. The fourth-order valence-corrected chi connectivity index (χ4v) is 1.52. The smallest absolute Gasteiger partial charge is 0.316 e. The molecular formula is C13H15N5O4. The number of hydrogen-bond acceptors (Lipinski definition) is 6. The molecule has 0 radical (unpaired) electrons. The molecule has 0 spiro atoms. The lowest BCUT2D eigenvalue weighted by Crippen LogP contribution is -2.37. The van der Waals surface area contributed by atoms with E-state index in [-0.39, 0.29) is 19.1 Å². The van der Waals surface area contributed by atoms with Gasteiger partial charge in [0.1, 0.15) is 24.4 Å². The van der Waals surface area contributed by atoms with Crippen molar-refractivity contribution >= 4 is 17.8 Å². The van der Waals surface area contributed by atoms with Crippen LogP contribution in [-0.4, -0.2) is 47.3 Å². The second kappa shape index (κ2) is 7.62. The maximum atomic E-state index is 11.5. The van der Waals surface area contributed by atoms with Crippen LogP contribution in [0.15, 0.2) is 30.6 Å². The summed E-state index contributed by atoms with van der Waals surface area (Å²) in [6.07, 6.45) is 1.22. The number of amides is 2. The first kappa shape index (κ1) is 15.3. The molecule has 22 heavy (non-hydrogen) atoms. The zero-order valence-electron chi connectivity index (χ0n) is 11.8. The summed E-state index contributed by atoms with van der Waals surface area (Å²) in [5.74, 6) is -0.142. The van der Waals surface area contributed by atoms with Crippen molar-refractivity contribution < 1.29 is 19.1 Å². The second-order valence-electron chi connectivity index (χ2n) is 4.07. The van der Waals surface area contributed by atoms with Crippen molar-refractivity contribution in [1.82, 2.24) is 20.5 Å². The number of ether oxygens (including phenoxy) is 2. The number of anilines is 1. The Morgan fingerprint density at radius 3 is 2.55 bits per heavy atom. The predicted octanol–water partition coefficient (Wildman–Crippen LogP) is -0.0530. The second-order valence-corrected chi connectivity index (χ2v) is 4.07. The molecule has 0 aliphatic heterocycles. The highest BCUT2D eigenvalue weighted by Gasteiger charge is 2.14. The third-order valence-corrected chi connectivity index (χ3v) is 2.57. The number of rotatable bonds is 6. The van der Waals surface area contributed by atoms with Gasteiger partial charge in [-0.3, -0.25) is 14.9 Å². The lowest BCUT2D eigenvalue weighted by atomic mass is 10.3. The molecule has 9 nitrogen and oxygen atoms in total. The number of H-pyrrole nitrogens is 1. The number of aromatic amines is 1. The highest BCUT2D eigenvalue weighted by atomic mass is 16.5. The SMILES string of the molecule is COc1ccc(OCCNC(=O)C(=O)Nc2ncn[nH]2)cc1. The van der Waals surface area contributed by atoms with Crippen LogP contribution < -0.4 is 20.1 Å². The lowest BCUT2D eigenvalue weighted by molar-refractivity contribution is -0.136. The summed E-state index contributed by atoms with van der Waals surface area (Å²) in [6.45, 7) is 0.419. The summed E-state index contributed by atoms with van der Waals surface area (Å²) in [6, 6.07) is 7.02. The number of nitrogens with zero attached hydrogens (tertiary/aromatic N) is 2. The zero-order valence-corrected chi connectivity index (χ0v) is 11.8.